The van der Waals surface area contributed by atoms with Gasteiger partial charge < -0.3 is 8.61 Å². The minimum atomic E-state index is -5.79. The molecule has 0 saturated carbocycles. The van der Waals surface area contributed by atoms with Crippen LogP contribution in [-0.4, -0.2) is 33.8 Å². The molecular weight excluding hydrogens is 375 g/mol. The Morgan fingerprint density at radius 1 is 1.24 bits per heavy atom. The van der Waals surface area contributed by atoms with E-state index in [1.165, 1.54) is 18.3 Å². The molecule has 0 fully saturated rings. The number of alkyl halides is 3. The average molecular weight is 397 g/mol. The van der Waals surface area contributed by atoms with Crippen LogP contribution in [0.15, 0.2) is 30.5 Å². The van der Waals surface area contributed by atoms with E-state index in [4.69, 9.17) is 4.43 Å². The van der Waals surface area contributed by atoms with Crippen LogP contribution in [0.5, 0.6) is 0 Å². The summed E-state index contributed by atoms with van der Waals surface area (Å²) in [5, 5.41) is -0.106. The van der Waals surface area contributed by atoms with E-state index < -0.39 is 29.7 Å². The summed E-state index contributed by atoms with van der Waals surface area (Å²) in [6, 6.07) is 4.41. The van der Waals surface area contributed by atoms with Gasteiger partial charge in [-0.05, 0) is 36.3 Å². The van der Waals surface area contributed by atoms with Crippen LogP contribution in [0.25, 0.3) is 5.76 Å². The standard InChI is InChI=1S/C15H22F3NO4SSi/c1-14(2,3)25(4,5)22-11-9-13(12-8-6-7-10-19-12)23-24(20,21)15(16,17)18/h6-10H,11H2,1-5H3. The molecule has 0 aromatic carbocycles. The highest BCUT2D eigenvalue weighted by Crippen LogP contribution is 2.36. The van der Waals surface area contributed by atoms with Gasteiger partial charge in [0.2, 0.25) is 0 Å². The largest absolute Gasteiger partial charge is 0.534 e. The molecular formula is C15H22F3NO4SSi. The van der Waals surface area contributed by atoms with E-state index in [2.05, 4.69) is 9.17 Å². The lowest BCUT2D eigenvalue weighted by molar-refractivity contribution is -0.0509. The van der Waals surface area contributed by atoms with Gasteiger partial charge in [0.05, 0.1) is 6.61 Å². The molecule has 142 valence electrons. The van der Waals surface area contributed by atoms with Gasteiger partial charge in [0, 0.05) is 6.20 Å². The topological polar surface area (TPSA) is 65.5 Å². The molecule has 10 heteroatoms. The zero-order valence-corrected chi connectivity index (χ0v) is 16.5. The molecule has 0 N–H and O–H groups in total. The van der Waals surface area contributed by atoms with Gasteiger partial charge in [-0.3, -0.25) is 4.98 Å². The molecule has 25 heavy (non-hydrogen) atoms. The SMILES string of the molecule is CC(C)(C)[Si](C)(C)OCC=C(OS(=O)(=O)C(F)(F)F)c1ccccn1. The first-order valence-corrected chi connectivity index (χ1v) is 11.8. The monoisotopic (exact) mass is 397 g/mol. The van der Waals surface area contributed by atoms with Crippen molar-refractivity contribution in [2.24, 2.45) is 0 Å². The Labute approximate surface area is 147 Å². The highest BCUT2D eigenvalue weighted by atomic mass is 32.2. The summed E-state index contributed by atoms with van der Waals surface area (Å²) in [6.07, 6.45) is 2.48. The lowest BCUT2D eigenvalue weighted by Crippen LogP contribution is -2.40. The molecule has 5 nitrogen and oxygen atoms in total. The summed E-state index contributed by atoms with van der Waals surface area (Å²) < 4.78 is 70.5. The van der Waals surface area contributed by atoms with Crippen molar-refractivity contribution in [3.05, 3.63) is 36.2 Å². The smallest absolute Gasteiger partial charge is 0.413 e. The number of nitrogens with zero attached hydrogens (tertiary/aromatic N) is 1. The third kappa shape index (κ3) is 5.82. The summed E-state index contributed by atoms with van der Waals surface area (Å²) in [5.41, 5.74) is -5.56. The maximum absolute atomic E-state index is 12.6. The van der Waals surface area contributed by atoms with Gasteiger partial charge in [-0.25, -0.2) is 0 Å². The third-order valence-electron chi connectivity index (χ3n) is 3.92. The molecule has 0 bridgehead atoms. The van der Waals surface area contributed by atoms with Crippen molar-refractivity contribution in [2.45, 2.75) is 44.4 Å². The number of pyridine rings is 1. The van der Waals surface area contributed by atoms with Crippen molar-refractivity contribution in [1.29, 1.82) is 0 Å². The fourth-order valence-corrected chi connectivity index (χ4v) is 2.81. The van der Waals surface area contributed by atoms with Gasteiger partial charge in [-0.15, -0.1) is 0 Å². The van der Waals surface area contributed by atoms with Crippen molar-refractivity contribution < 1.29 is 30.2 Å². The lowest BCUT2D eigenvalue weighted by atomic mass is 10.2. The highest BCUT2D eigenvalue weighted by molar-refractivity contribution is 7.87. The van der Waals surface area contributed by atoms with Crippen LogP contribution in [0.2, 0.25) is 18.1 Å². The van der Waals surface area contributed by atoms with E-state index in [1.807, 2.05) is 33.9 Å². The maximum atomic E-state index is 12.6. The van der Waals surface area contributed by atoms with Crippen molar-refractivity contribution in [3.63, 3.8) is 0 Å². The number of hydrogen-bond donors (Lipinski definition) is 0. The van der Waals surface area contributed by atoms with Gasteiger partial charge in [0.1, 0.15) is 5.69 Å². The van der Waals surface area contributed by atoms with Gasteiger partial charge in [-0.2, -0.15) is 21.6 Å². The summed E-state index contributed by atoms with van der Waals surface area (Å²) in [5.74, 6) is -0.517. The van der Waals surface area contributed by atoms with E-state index in [1.54, 1.807) is 6.07 Å². The second kappa shape index (κ2) is 7.46. The first-order chi connectivity index (χ1) is 11.2. The number of aromatic nitrogens is 1. The first kappa shape index (κ1) is 21.6. The summed E-state index contributed by atoms with van der Waals surface area (Å²) in [7, 11) is -7.95. The maximum Gasteiger partial charge on any atom is 0.534 e. The molecule has 1 heterocycles. The average Bonchev–Trinajstić information content (AvgIpc) is 2.44. The van der Waals surface area contributed by atoms with Crippen LogP contribution in [0.4, 0.5) is 13.2 Å². The molecule has 0 radical (unpaired) electrons. The van der Waals surface area contributed by atoms with E-state index >= 15 is 0 Å². The quantitative estimate of drug-likeness (QED) is 0.310. The highest BCUT2D eigenvalue weighted by Gasteiger charge is 2.49. The van der Waals surface area contributed by atoms with Crippen LogP contribution in [0.1, 0.15) is 26.5 Å². The van der Waals surface area contributed by atoms with Crippen LogP contribution < -0.4 is 0 Å². The second-order valence-corrected chi connectivity index (χ2v) is 13.2. The predicted octanol–water partition coefficient (Wildman–Crippen LogP) is 4.31. The Balaban J connectivity index is 3.09. The molecule has 0 aliphatic heterocycles. The summed E-state index contributed by atoms with van der Waals surface area (Å²) >= 11 is 0. The van der Waals surface area contributed by atoms with Gasteiger partial charge in [0.25, 0.3) is 0 Å². The van der Waals surface area contributed by atoms with Gasteiger partial charge in [-0.1, -0.05) is 26.8 Å². The molecule has 1 aromatic heterocycles. The van der Waals surface area contributed by atoms with E-state index in [0.29, 0.717) is 0 Å². The van der Waals surface area contributed by atoms with Gasteiger partial charge in [0.15, 0.2) is 14.1 Å². The molecule has 0 amide bonds. The van der Waals surface area contributed by atoms with Crippen LogP contribution >= 0.6 is 0 Å². The Bertz CT molecular complexity index is 711. The molecule has 0 atom stereocenters. The predicted molar refractivity (Wildman–Crippen MR) is 91.4 cm³/mol. The van der Waals surface area contributed by atoms with Crippen LogP contribution in [0.3, 0.4) is 0 Å². The molecule has 0 unspecified atom stereocenters. The zero-order valence-electron chi connectivity index (χ0n) is 14.7. The summed E-state index contributed by atoms with van der Waals surface area (Å²) in [4.78, 5) is 3.84. The number of rotatable bonds is 6. The summed E-state index contributed by atoms with van der Waals surface area (Å²) in [6.45, 7) is 9.87. The minimum Gasteiger partial charge on any atom is -0.413 e. The Hall–Kier alpha value is -1.39. The molecule has 0 spiro atoms. The number of hydrogen-bond acceptors (Lipinski definition) is 5. The van der Waals surface area contributed by atoms with Crippen LogP contribution in [-0.2, 0) is 18.7 Å². The first-order valence-electron chi connectivity index (χ1n) is 7.44. The number of halogens is 3. The molecule has 1 aromatic rings. The van der Waals surface area contributed by atoms with E-state index in [9.17, 15) is 21.6 Å². The Morgan fingerprint density at radius 3 is 2.28 bits per heavy atom. The molecule has 1 rings (SSSR count). The fraction of sp³-hybridized carbons (Fsp3) is 0.533. The van der Waals surface area contributed by atoms with Crippen molar-refractivity contribution in [2.75, 3.05) is 6.61 Å². The van der Waals surface area contributed by atoms with Crippen molar-refractivity contribution in [1.82, 2.24) is 4.98 Å². The van der Waals surface area contributed by atoms with E-state index in [0.717, 1.165) is 6.08 Å². The molecule has 0 saturated heterocycles. The third-order valence-corrected chi connectivity index (χ3v) is 9.39. The van der Waals surface area contributed by atoms with Crippen LogP contribution in [0, 0.1) is 0 Å². The molecule has 0 aliphatic carbocycles. The Kier molecular flexibility index (Phi) is 6.46. The normalized spacial score (nSPS) is 14.5. The minimum absolute atomic E-state index is 0.0332. The van der Waals surface area contributed by atoms with Crippen molar-refractivity contribution >= 4 is 24.2 Å². The van der Waals surface area contributed by atoms with E-state index in [-0.39, 0.29) is 17.3 Å². The Morgan fingerprint density at radius 2 is 1.84 bits per heavy atom. The second-order valence-electron chi connectivity index (χ2n) is 6.84. The zero-order chi connectivity index (χ0) is 19.5. The molecule has 0 aliphatic rings. The fourth-order valence-electron chi connectivity index (χ4n) is 1.40. The van der Waals surface area contributed by atoms with Crippen molar-refractivity contribution in [3.8, 4) is 0 Å². The van der Waals surface area contributed by atoms with Gasteiger partial charge >= 0.3 is 15.6 Å². The lowest BCUT2D eigenvalue weighted by Gasteiger charge is -2.35.